The second kappa shape index (κ2) is 12.0. The highest BCUT2D eigenvalue weighted by molar-refractivity contribution is 5.57. The number of nitrogens with zero attached hydrogens (tertiary/aromatic N) is 4. The molecule has 4 nitrogen and oxygen atoms in total. The zero-order valence-electron chi connectivity index (χ0n) is 21.8. The molecule has 4 heteroatoms. The summed E-state index contributed by atoms with van der Waals surface area (Å²) in [6, 6.07) is 26.0. The average Bonchev–Trinajstić information content (AvgIpc) is 2.89. The van der Waals surface area contributed by atoms with Crippen molar-refractivity contribution in [3.63, 3.8) is 0 Å². The predicted octanol–water partition coefficient (Wildman–Crippen LogP) is 5.22. The Morgan fingerprint density at radius 2 is 0.833 bits per heavy atom. The van der Waals surface area contributed by atoms with Crippen molar-refractivity contribution < 1.29 is 9.13 Å². The Morgan fingerprint density at radius 1 is 0.500 bits per heavy atom. The first kappa shape index (κ1) is 24.9. The van der Waals surface area contributed by atoms with Gasteiger partial charge in [-0.1, -0.05) is 72.8 Å². The smallest absolute Gasteiger partial charge is 0.173 e. The van der Waals surface area contributed by atoms with Gasteiger partial charge in [0.2, 0.25) is 0 Å². The van der Waals surface area contributed by atoms with E-state index in [0.717, 1.165) is 13.1 Å². The van der Waals surface area contributed by atoms with Gasteiger partial charge in [-0.05, 0) is 11.1 Å². The second-order valence-corrected chi connectivity index (χ2v) is 9.45. The zero-order chi connectivity index (χ0) is 25.3. The maximum atomic E-state index is 2.20. The number of hydrogen-bond donors (Lipinski definition) is 0. The fourth-order valence-corrected chi connectivity index (χ4v) is 3.93. The van der Waals surface area contributed by atoms with Crippen LogP contribution in [0.1, 0.15) is 22.3 Å². The number of hydrogen-bond acceptors (Lipinski definition) is 2. The molecule has 0 spiro atoms. The van der Waals surface area contributed by atoms with Crippen molar-refractivity contribution in [2.24, 2.45) is 0 Å². The van der Waals surface area contributed by atoms with E-state index in [-0.39, 0.29) is 0 Å². The second-order valence-electron chi connectivity index (χ2n) is 9.45. The van der Waals surface area contributed by atoms with Crippen LogP contribution >= 0.6 is 0 Å². The molecule has 2 aromatic heterocycles. The molecule has 0 bridgehead atoms. The Hall–Kier alpha value is -4.18. The molecule has 0 amide bonds. The molecule has 0 radical (unpaired) electrons. The van der Waals surface area contributed by atoms with Crippen molar-refractivity contribution in [1.82, 2.24) is 0 Å². The standard InChI is InChI=1S/C32H36N4/c1-33(2)31-17-21-35(22-18-31)25-29-13-9-27(10-14-29)7-5-6-8-28-11-15-30(16-12-28)26-36-23-19-32(20-24-36)34(3)4/h5-24H,25-26H2,1-4H3/q+2/b7-5-,8-6+. The Kier molecular flexibility index (Phi) is 8.30. The molecule has 2 heterocycles. The van der Waals surface area contributed by atoms with Crippen LogP contribution in [0.15, 0.2) is 110 Å². The molecule has 0 aliphatic carbocycles. The van der Waals surface area contributed by atoms with Gasteiger partial charge in [0, 0.05) is 75.0 Å². The van der Waals surface area contributed by atoms with Crippen LogP contribution in [-0.4, -0.2) is 28.2 Å². The first-order valence-corrected chi connectivity index (χ1v) is 12.3. The zero-order valence-corrected chi connectivity index (χ0v) is 21.8. The minimum atomic E-state index is 0.869. The summed E-state index contributed by atoms with van der Waals surface area (Å²) < 4.78 is 4.40. The van der Waals surface area contributed by atoms with Gasteiger partial charge in [-0.3, -0.25) is 0 Å². The van der Waals surface area contributed by atoms with E-state index in [1.54, 1.807) is 0 Å². The summed E-state index contributed by atoms with van der Waals surface area (Å²) in [6.45, 7) is 1.74. The lowest BCUT2D eigenvalue weighted by Crippen LogP contribution is -2.33. The van der Waals surface area contributed by atoms with E-state index >= 15 is 0 Å². The van der Waals surface area contributed by atoms with Crippen molar-refractivity contribution >= 4 is 23.5 Å². The minimum Gasteiger partial charge on any atom is -0.377 e. The minimum absolute atomic E-state index is 0.869. The van der Waals surface area contributed by atoms with E-state index < -0.39 is 0 Å². The summed E-state index contributed by atoms with van der Waals surface area (Å²) in [6.07, 6.45) is 17.0. The van der Waals surface area contributed by atoms with Crippen LogP contribution in [0.3, 0.4) is 0 Å². The van der Waals surface area contributed by atoms with Crippen molar-refractivity contribution in [3.05, 3.63) is 132 Å². The largest absolute Gasteiger partial charge is 0.377 e. The topological polar surface area (TPSA) is 14.2 Å². The lowest BCUT2D eigenvalue weighted by molar-refractivity contribution is -0.688. The van der Waals surface area contributed by atoms with Crippen molar-refractivity contribution in [1.29, 1.82) is 0 Å². The third kappa shape index (κ3) is 7.16. The Labute approximate surface area is 215 Å². The molecule has 4 aromatic rings. The molecule has 0 N–H and O–H groups in total. The van der Waals surface area contributed by atoms with E-state index in [2.05, 4.69) is 169 Å². The summed E-state index contributed by atoms with van der Waals surface area (Å²) in [5.41, 5.74) is 7.39. The molecule has 2 aromatic carbocycles. The van der Waals surface area contributed by atoms with Crippen molar-refractivity contribution in [3.8, 4) is 0 Å². The fourth-order valence-electron chi connectivity index (χ4n) is 3.93. The Morgan fingerprint density at radius 3 is 1.14 bits per heavy atom. The molecule has 36 heavy (non-hydrogen) atoms. The number of rotatable bonds is 9. The summed E-state index contributed by atoms with van der Waals surface area (Å²) in [4.78, 5) is 4.22. The molecule has 182 valence electrons. The SMILES string of the molecule is CN(C)c1cc[n+](Cc2ccc(/C=C\C=C\c3ccc(C[n+]4ccc(N(C)C)cc4)cc3)cc2)cc1. The van der Waals surface area contributed by atoms with Crippen LogP contribution in [0, 0.1) is 0 Å². The first-order chi connectivity index (χ1) is 17.5. The number of aromatic nitrogens is 2. The monoisotopic (exact) mass is 476 g/mol. The summed E-state index contributed by atoms with van der Waals surface area (Å²) in [7, 11) is 8.24. The summed E-state index contributed by atoms with van der Waals surface area (Å²) in [5.74, 6) is 0. The third-order valence-electron chi connectivity index (χ3n) is 6.16. The number of benzene rings is 2. The van der Waals surface area contributed by atoms with E-state index in [4.69, 9.17) is 0 Å². The highest BCUT2D eigenvalue weighted by atomic mass is 15.1. The van der Waals surface area contributed by atoms with Gasteiger partial charge in [0.25, 0.3) is 0 Å². The number of allylic oxidation sites excluding steroid dienone is 2. The van der Waals surface area contributed by atoms with Gasteiger partial charge < -0.3 is 9.80 Å². The molecule has 0 aliphatic rings. The molecular formula is C32H36N4+2. The van der Waals surface area contributed by atoms with E-state index in [1.165, 1.54) is 33.6 Å². The molecular weight excluding hydrogens is 440 g/mol. The lowest BCUT2D eigenvalue weighted by atomic mass is 10.1. The Bertz CT molecular complexity index is 1180. The first-order valence-electron chi connectivity index (χ1n) is 12.3. The van der Waals surface area contributed by atoms with Crippen LogP contribution < -0.4 is 18.9 Å². The maximum Gasteiger partial charge on any atom is 0.173 e. The third-order valence-corrected chi connectivity index (χ3v) is 6.16. The highest BCUT2D eigenvalue weighted by Crippen LogP contribution is 2.11. The van der Waals surface area contributed by atoms with Gasteiger partial charge in [-0.15, -0.1) is 0 Å². The summed E-state index contributed by atoms with van der Waals surface area (Å²) >= 11 is 0. The number of anilines is 2. The van der Waals surface area contributed by atoms with Crippen LogP contribution in [0.2, 0.25) is 0 Å². The van der Waals surface area contributed by atoms with Crippen LogP contribution in [0.4, 0.5) is 11.4 Å². The lowest BCUT2D eigenvalue weighted by Gasteiger charge is -2.10. The molecule has 0 saturated carbocycles. The molecule has 0 unspecified atom stereocenters. The highest BCUT2D eigenvalue weighted by Gasteiger charge is 2.05. The Balaban J connectivity index is 1.27. The van der Waals surface area contributed by atoms with Gasteiger partial charge in [-0.25, -0.2) is 9.13 Å². The normalized spacial score (nSPS) is 11.3. The van der Waals surface area contributed by atoms with E-state index in [0.29, 0.717) is 0 Å². The van der Waals surface area contributed by atoms with Crippen molar-refractivity contribution in [2.75, 3.05) is 38.0 Å². The predicted molar refractivity (Wildman–Crippen MR) is 151 cm³/mol. The average molecular weight is 477 g/mol. The van der Waals surface area contributed by atoms with Gasteiger partial charge >= 0.3 is 0 Å². The quantitative estimate of drug-likeness (QED) is 0.243. The molecule has 0 fully saturated rings. The van der Waals surface area contributed by atoms with Crippen LogP contribution in [0.25, 0.3) is 12.2 Å². The molecule has 0 aliphatic heterocycles. The summed E-state index contributed by atoms with van der Waals surface area (Å²) in [5, 5.41) is 0. The van der Waals surface area contributed by atoms with Gasteiger partial charge in [0.05, 0.1) is 0 Å². The maximum absolute atomic E-state index is 2.20. The van der Waals surface area contributed by atoms with E-state index in [9.17, 15) is 0 Å². The van der Waals surface area contributed by atoms with Crippen LogP contribution in [0.5, 0.6) is 0 Å². The van der Waals surface area contributed by atoms with Gasteiger partial charge in [0.1, 0.15) is 0 Å². The van der Waals surface area contributed by atoms with Crippen molar-refractivity contribution in [2.45, 2.75) is 13.1 Å². The fraction of sp³-hybridized carbons (Fsp3) is 0.188. The number of pyridine rings is 2. The molecule has 0 atom stereocenters. The van der Waals surface area contributed by atoms with Gasteiger partial charge in [0.15, 0.2) is 37.9 Å². The van der Waals surface area contributed by atoms with E-state index in [1.807, 2.05) is 0 Å². The van der Waals surface area contributed by atoms with Gasteiger partial charge in [-0.2, -0.15) is 0 Å². The molecule has 4 rings (SSSR count). The van der Waals surface area contributed by atoms with Crippen LogP contribution in [-0.2, 0) is 13.1 Å². The molecule has 0 saturated heterocycles.